The van der Waals surface area contributed by atoms with E-state index < -0.39 is 5.54 Å². The molecule has 1 saturated heterocycles. The fraction of sp³-hybridized carbons (Fsp3) is 0.833. The molecule has 1 aliphatic rings. The van der Waals surface area contributed by atoms with Gasteiger partial charge in [0.1, 0.15) is 0 Å². The van der Waals surface area contributed by atoms with E-state index in [1.807, 2.05) is 0 Å². The molecule has 1 heterocycles. The van der Waals surface area contributed by atoms with Gasteiger partial charge in [-0.15, -0.1) is 0 Å². The molecule has 6 heteroatoms. The van der Waals surface area contributed by atoms with Crippen molar-refractivity contribution < 1.29 is 19.1 Å². The number of carbonyl (C=O) groups is 2. The molecule has 0 aromatic rings. The zero-order valence-electron chi connectivity index (χ0n) is 11.0. The van der Waals surface area contributed by atoms with Crippen LogP contribution in [-0.2, 0) is 19.1 Å². The minimum absolute atomic E-state index is 0.220. The Balaban J connectivity index is 2.38. The van der Waals surface area contributed by atoms with Gasteiger partial charge in [-0.2, -0.15) is 0 Å². The summed E-state index contributed by atoms with van der Waals surface area (Å²) in [6.07, 6.45) is 1.01. The van der Waals surface area contributed by atoms with E-state index in [0.29, 0.717) is 32.7 Å². The summed E-state index contributed by atoms with van der Waals surface area (Å²) < 4.78 is 10.0. The Labute approximate surface area is 107 Å². The molecule has 3 N–H and O–H groups in total. The van der Waals surface area contributed by atoms with Gasteiger partial charge in [0.15, 0.2) is 0 Å². The maximum atomic E-state index is 12.0. The first-order chi connectivity index (χ1) is 8.49. The molecule has 0 saturated carbocycles. The number of carbonyl (C=O) groups excluding carboxylic acids is 2. The topological polar surface area (TPSA) is 90.7 Å². The van der Waals surface area contributed by atoms with Crippen LogP contribution in [0.1, 0.15) is 26.7 Å². The van der Waals surface area contributed by atoms with Crippen LogP contribution in [0, 0.1) is 5.92 Å². The van der Waals surface area contributed by atoms with E-state index in [4.69, 9.17) is 15.2 Å². The highest BCUT2D eigenvalue weighted by atomic mass is 16.5. The van der Waals surface area contributed by atoms with Gasteiger partial charge in [-0.25, -0.2) is 0 Å². The lowest BCUT2D eigenvalue weighted by Gasteiger charge is -2.32. The van der Waals surface area contributed by atoms with Crippen LogP contribution in [0.2, 0.25) is 0 Å². The van der Waals surface area contributed by atoms with Crippen molar-refractivity contribution in [2.45, 2.75) is 32.2 Å². The summed E-state index contributed by atoms with van der Waals surface area (Å²) in [5.41, 5.74) is 5.15. The number of esters is 1. The Hall–Kier alpha value is -1.14. The Kier molecular flexibility index (Phi) is 5.55. The second-order valence-electron chi connectivity index (χ2n) is 4.63. The van der Waals surface area contributed by atoms with Crippen molar-refractivity contribution >= 4 is 11.9 Å². The third kappa shape index (κ3) is 3.96. The minimum atomic E-state index is -0.868. The van der Waals surface area contributed by atoms with E-state index in [1.165, 1.54) is 0 Å². The third-order valence-corrected chi connectivity index (χ3v) is 3.10. The lowest BCUT2D eigenvalue weighted by Crippen LogP contribution is -2.57. The highest BCUT2D eigenvalue weighted by Gasteiger charge is 2.36. The molecule has 104 valence electrons. The molecule has 1 rings (SSSR count). The Morgan fingerprint density at radius 2 is 2.06 bits per heavy atom. The molecule has 1 fully saturated rings. The van der Waals surface area contributed by atoms with Crippen molar-refractivity contribution in [3.8, 4) is 0 Å². The second-order valence-corrected chi connectivity index (χ2v) is 4.63. The zero-order valence-corrected chi connectivity index (χ0v) is 11.0. The van der Waals surface area contributed by atoms with Crippen molar-refractivity contribution in [3.63, 3.8) is 0 Å². The molecule has 1 atom stereocenters. The van der Waals surface area contributed by atoms with Gasteiger partial charge in [0, 0.05) is 19.8 Å². The first-order valence-corrected chi connectivity index (χ1v) is 6.31. The van der Waals surface area contributed by atoms with Gasteiger partial charge in [0.25, 0.3) is 0 Å². The van der Waals surface area contributed by atoms with E-state index in [9.17, 15) is 9.59 Å². The molecule has 0 aromatic carbocycles. The van der Waals surface area contributed by atoms with E-state index in [-0.39, 0.29) is 24.3 Å². The molecule has 0 aliphatic carbocycles. The number of rotatable bonds is 5. The summed E-state index contributed by atoms with van der Waals surface area (Å²) in [5, 5.41) is 2.71. The van der Waals surface area contributed by atoms with E-state index in [1.54, 1.807) is 13.8 Å². The van der Waals surface area contributed by atoms with Crippen LogP contribution in [-0.4, -0.2) is 43.8 Å². The summed E-state index contributed by atoms with van der Waals surface area (Å²) >= 11 is 0. The first kappa shape index (κ1) is 14.9. The van der Waals surface area contributed by atoms with Crippen LogP contribution < -0.4 is 11.1 Å². The van der Waals surface area contributed by atoms with E-state index >= 15 is 0 Å². The van der Waals surface area contributed by atoms with Crippen molar-refractivity contribution in [2.75, 3.05) is 26.4 Å². The van der Waals surface area contributed by atoms with Gasteiger partial charge in [-0.1, -0.05) is 6.92 Å². The molecule has 1 amide bonds. The predicted molar refractivity (Wildman–Crippen MR) is 65.8 cm³/mol. The SMILES string of the molecule is CCOC(=O)C(C)CNC(=O)C1(N)CCOCC1. The Morgan fingerprint density at radius 3 is 2.61 bits per heavy atom. The van der Waals surface area contributed by atoms with Crippen molar-refractivity contribution in [2.24, 2.45) is 11.7 Å². The maximum Gasteiger partial charge on any atom is 0.310 e. The number of nitrogens with two attached hydrogens (primary N) is 1. The number of nitrogens with one attached hydrogen (secondary N) is 1. The zero-order chi connectivity index (χ0) is 13.6. The highest BCUT2D eigenvalue weighted by molar-refractivity contribution is 5.86. The van der Waals surface area contributed by atoms with Gasteiger partial charge < -0.3 is 20.5 Å². The maximum absolute atomic E-state index is 12.0. The fourth-order valence-corrected chi connectivity index (χ4v) is 1.75. The molecule has 1 aliphatic heterocycles. The monoisotopic (exact) mass is 258 g/mol. The van der Waals surface area contributed by atoms with Crippen LogP contribution in [0.4, 0.5) is 0 Å². The minimum Gasteiger partial charge on any atom is -0.466 e. The summed E-state index contributed by atoms with van der Waals surface area (Å²) in [4.78, 5) is 23.3. The van der Waals surface area contributed by atoms with Crippen LogP contribution in [0.5, 0.6) is 0 Å². The van der Waals surface area contributed by atoms with Crippen molar-refractivity contribution in [3.05, 3.63) is 0 Å². The quantitative estimate of drug-likeness (QED) is 0.667. The van der Waals surface area contributed by atoms with Gasteiger partial charge in [0.05, 0.1) is 18.1 Å². The Morgan fingerprint density at radius 1 is 1.44 bits per heavy atom. The summed E-state index contributed by atoms with van der Waals surface area (Å²) in [5.74, 6) is -0.893. The van der Waals surface area contributed by atoms with Gasteiger partial charge in [-0.05, 0) is 19.8 Å². The number of hydrogen-bond acceptors (Lipinski definition) is 5. The normalized spacial score (nSPS) is 19.9. The van der Waals surface area contributed by atoms with Gasteiger partial charge >= 0.3 is 5.97 Å². The molecule has 0 spiro atoms. The van der Waals surface area contributed by atoms with Gasteiger partial charge in [0.2, 0.25) is 5.91 Å². The number of amides is 1. The predicted octanol–water partition coefficient (Wildman–Crippen LogP) is -0.190. The summed E-state index contributed by atoms with van der Waals surface area (Å²) in [6, 6.07) is 0. The van der Waals surface area contributed by atoms with Crippen LogP contribution >= 0.6 is 0 Å². The second kappa shape index (κ2) is 6.70. The van der Waals surface area contributed by atoms with E-state index in [2.05, 4.69) is 5.32 Å². The number of ether oxygens (including phenoxy) is 2. The summed E-state index contributed by atoms with van der Waals surface area (Å²) in [7, 11) is 0. The molecule has 1 unspecified atom stereocenters. The fourth-order valence-electron chi connectivity index (χ4n) is 1.75. The Bertz CT molecular complexity index is 300. The first-order valence-electron chi connectivity index (χ1n) is 6.31. The van der Waals surface area contributed by atoms with Crippen LogP contribution in [0.25, 0.3) is 0 Å². The standard InChI is InChI=1S/C12H22N2O4/c1-3-18-10(15)9(2)8-14-11(16)12(13)4-6-17-7-5-12/h9H,3-8,13H2,1-2H3,(H,14,16). The lowest BCUT2D eigenvalue weighted by molar-refractivity contribution is -0.147. The highest BCUT2D eigenvalue weighted by Crippen LogP contribution is 2.17. The van der Waals surface area contributed by atoms with Crippen LogP contribution in [0.15, 0.2) is 0 Å². The number of hydrogen-bond donors (Lipinski definition) is 2. The largest absolute Gasteiger partial charge is 0.466 e. The summed E-state index contributed by atoms with van der Waals surface area (Å²) in [6.45, 7) is 5.05. The molecule has 18 heavy (non-hydrogen) atoms. The van der Waals surface area contributed by atoms with Crippen LogP contribution in [0.3, 0.4) is 0 Å². The van der Waals surface area contributed by atoms with Gasteiger partial charge in [-0.3, -0.25) is 9.59 Å². The molecule has 0 radical (unpaired) electrons. The molecule has 0 aromatic heterocycles. The average molecular weight is 258 g/mol. The smallest absolute Gasteiger partial charge is 0.310 e. The average Bonchev–Trinajstić information content (AvgIpc) is 2.36. The molecule has 6 nitrogen and oxygen atoms in total. The molecule has 0 bridgehead atoms. The molecular weight excluding hydrogens is 236 g/mol. The van der Waals surface area contributed by atoms with E-state index in [0.717, 1.165) is 0 Å². The molecular formula is C12H22N2O4. The van der Waals surface area contributed by atoms with Crippen molar-refractivity contribution in [1.29, 1.82) is 0 Å². The van der Waals surface area contributed by atoms with Crippen molar-refractivity contribution in [1.82, 2.24) is 5.32 Å². The third-order valence-electron chi connectivity index (χ3n) is 3.10. The lowest BCUT2D eigenvalue weighted by atomic mass is 9.90.